The zero-order valence-electron chi connectivity index (χ0n) is 27.5. The van der Waals surface area contributed by atoms with Gasteiger partial charge in [-0.2, -0.15) is 0 Å². The Morgan fingerprint density at radius 2 is 1.23 bits per heavy atom. The molecule has 0 aliphatic rings. The van der Waals surface area contributed by atoms with Crippen molar-refractivity contribution in [1.82, 2.24) is 21.3 Å². The fraction of sp³-hybridized carbons (Fsp3) is 0.389. The number of ether oxygens (including phenoxy) is 1. The number of carbonyl (C=O) groups excluding carboxylic acids is 4. The molecule has 0 radical (unpaired) electrons. The van der Waals surface area contributed by atoms with Gasteiger partial charge >= 0.3 is 0 Å². The van der Waals surface area contributed by atoms with Crippen LogP contribution in [0, 0.1) is 0 Å². The predicted molar refractivity (Wildman–Crippen MR) is 182 cm³/mol. The van der Waals surface area contributed by atoms with E-state index in [1.165, 1.54) is 0 Å². The fourth-order valence-electron chi connectivity index (χ4n) is 5.10. The Balaban J connectivity index is 1.62. The topological polar surface area (TPSA) is 178 Å². The van der Waals surface area contributed by atoms with Crippen LogP contribution in [0.3, 0.4) is 0 Å². The third-order valence-electron chi connectivity index (χ3n) is 7.49. The van der Waals surface area contributed by atoms with E-state index in [1.54, 1.807) is 0 Å². The van der Waals surface area contributed by atoms with Crippen molar-refractivity contribution < 1.29 is 23.9 Å². The average molecular weight is 645 g/mol. The summed E-state index contributed by atoms with van der Waals surface area (Å²) in [6.07, 6.45) is 1.80. The summed E-state index contributed by atoms with van der Waals surface area (Å²) in [6, 6.07) is 29.0. The molecule has 0 saturated heterocycles. The molecule has 11 nitrogen and oxygen atoms in total. The minimum atomic E-state index is -1.08. The number of carbonyl (C=O) groups is 4. The van der Waals surface area contributed by atoms with Crippen LogP contribution in [0.4, 0.5) is 0 Å². The number of hydrogen-bond donors (Lipinski definition) is 6. The molecule has 2 atom stereocenters. The minimum absolute atomic E-state index is 0.124. The van der Waals surface area contributed by atoms with Gasteiger partial charge in [0.2, 0.25) is 23.6 Å². The van der Waals surface area contributed by atoms with Gasteiger partial charge in [-0.25, -0.2) is 0 Å². The van der Waals surface area contributed by atoms with Gasteiger partial charge in [-0.1, -0.05) is 97.4 Å². The van der Waals surface area contributed by atoms with E-state index in [1.807, 2.05) is 75.4 Å². The highest BCUT2D eigenvalue weighted by atomic mass is 16.5. The predicted octanol–water partition coefficient (Wildman–Crippen LogP) is 2.08. The number of benzene rings is 3. The molecule has 0 heterocycles. The number of hydrogen-bond acceptors (Lipinski definition) is 7. The van der Waals surface area contributed by atoms with Crippen molar-refractivity contribution in [3.63, 3.8) is 0 Å². The monoisotopic (exact) mass is 644 g/mol. The van der Waals surface area contributed by atoms with Crippen LogP contribution in [-0.4, -0.2) is 67.6 Å². The summed E-state index contributed by atoms with van der Waals surface area (Å²) in [4.78, 5) is 48.7. The van der Waals surface area contributed by atoms with Gasteiger partial charge < -0.3 is 32.2 Å². The summed E-state index contributed by atoms with van der Waals surface area (Å²) in [7, 11) is 0. The molecule has 0 saturated carbocycles. The molecule has 3 aromatic carbocycles. The van der Waals surface area contributed by atoms with Crippen LogP contribution in [0.25, 0.3) is 0 Å². The Kier molecular flexibility index (Phi) is 14.1. The molecular formula is C36H48N6O5. The van der Waals surface area contributed by atoms with Gasteiger partial charge in [-0.05, 0) is 56.8 Å². The molecule has 11 heteroatoms. The maximum absolute atomic E-state index is 13.1. The van der Waals surface area contributed by atoms with Crippen molar-refractivity contribution in [3.05, 3.63) is 108 Å². The van der Waals surface area contributed by atoms with E-state index >= 15 is 0 Å². The van der Waals surface area contributed by atoms with Crippen molar-refractivity contribution in [2.45, 2.75) is 63.3 Å². The Morgan fingerprint density at radius 3 is 1.70 bits per heavy atom. The summed E-state index contributed by atoms with van der Waals surface area (Å²) in [5.41, 5.74) is 13.5. The minimum Gasteiger partial charge on any atom is -0.373 e. The highest BCUT2D eigenvalue weighted by Gasteiger charge is 2.35. The van der Waals surface area contributed by atoms with Crippen LogP contribution in [-0.2, 0) is 29.5 Å². The number of unbranched alkanes of at least 4 members (excludes halogenated alkanes) is 1. The zero-order chi connectivity index (χ0) is 34.3. The average Bonchev–Trinajstić information content (AvgIpc) is 3.06. The summed E-state index contributed by atoms with van der Waals surface area (Å²) >= 11 is 0. The van der Waals surface area contributed by atoms with E-state index in [0.29, 0.717) is 19.4 Å². The van der Waals surface area contributed by atoms with E-state index < -0.39 is 53.4 Å². The molecule has 0 aliphatic carbocycles. The molecule has 0 bridgehead atoms. The van der Waals surface area contributed by atoms with E-state index in [0.717, 1.165) is 23.1 Å². The third-order valence-corrected chi connectivity index (χ3v) is 7.49. The van der Waals surface area contributed by atoms with Crippen molar-refractivity contribution in [1.29, 1.82) is 0 Å². The fourth-order valence-corrected chi connectivity index (χ4v) is 5.10. The van der Waals surface area contributed by atoms with Crippen LogP contribution >= 0.6 is 0 Å². The van der Waals surface area contributed by atoms with Crippen molar-refractivity contribution in [2.24, 2.45) is 11.5 Å². The standard InChI is InChI=1S/C36H48N6O5/c1-35(2,3)47-25-30(34(46)40-24-32(44)39-23-31(38)43)42-33(45)29(37)21-13-14-22-41-36(26-15-7-4-8-16-26,27-17-9-5-10-18-27)28-19-11-6-12-20-28/h4-12,15-20,29-30,41H,13-14,21-25,37H2,1-3H3,(H2,38,43)(H,39,44)(H,40,46)(H,42,45)/t29-,30-/m0/s1. The normalized spacial score (nSPS) is 12.9. The van der Waals surface area contributed by atoms with Crippen LogP contribution < -0.4 is 32.7 Å². The molecule has 0 aliphatic heterocycles. The second kappa shape index (κ2) is 17.9. The number of amides is 4. The van der Waals surface area contributed by atoms with Crippen LogP contribution in [0.5, 0.6) is 0 Å². The van der Waals surface area contributed by atoms with E-state index in [4.69, 9.17) is 16.2 Å². The lowest BCUT2D eigenvalue weighted by Gasteiger charge is -2.37. The highest BCUT2D eigenvalue weighted by molar-refractivity contribution is 5.92. The number of rotatable bonds is 18. The Labute approximate surface area is 277 Å². The first-order chi connectivity index (χ1) is 22.4. The summed E-state index contributed by atoms with van der Waals surface area (Å²) in [5.74, 6) is -2.42. The Bertz CT molecular complexity index is 1330. The highest BCUT2D eigenvalue weighted by Crippen LogP contribution is 2.36. The van der Waals surface area contributed by atoms with Crippen LogP contribution in [0.2, 0.25) is 0 Å². The quantitative estimate of drug-likeness (QED) is 0.0907. The maximum Gasteiger partial charge on any atom is 0.245 e. The second-order valence-electron chi connectivity index (χ2n) is 12.3. The second-order valence-corrected chi connectivity index (χ2v) is 12.3. The summed E-state index contributed by atoms with van der Waals surface area (Å²) in [5, 5.41) is 11.2. The largest absolute Gasteiger partial charge is 0.373 e. The molecule has 0 aromatic heterocycles. The first kappa shape index (κ1) is 36.9. The van der Waals surface area contributed by atoms with Gasteiger partial charge in [0.25, 0.3) is 0 Å². The lowest BCUT2D eigenvalue weighted by Crippen LogP contribution is -2.55. The van der Waals surface area contributed by atoms with E-state index in [2.05, 4.69) is 57.7 Å². The molecule has 8 N–H and O–H groups in total. The van der Waals surface area contributed by atoms with E-state index in [-0.39, 0.29) is 13.2 Å². The molecule has 0 spiro atoms. The molecular weight excluding hydrogens is 596 g/mol. The number of nitrogens with one attached hydrogen (secondary N) is 4. The van der Waals surface area contributed by atoms with Crippen molar-refractivity contribution in [2.75, 3.05) is 26.2 Å². The van der Waals surface area contributed by atoms with Gasteiger partial charge in [0.1, 0.15) is 6.04 Å². The third kappa shape index (κ3) is 11.6. The zero-order valence-corrected chi connectivity index (χ0v) is 27.5. The first-order valence-electron chi connectivity index (χ1n) is 15.9. The van der Waals surface area contributed by atoms with Gasteiger partial charge in [0, 0.05) is 0 Å². The lowest BCUT2D eigenvalue weighted by molar-refractivity contribution is -0.134. The molecule has 47 heavy (non-hydrogen) atoms. The van der Waals surface area contributed by atoms with Crippen LogP contribution in [0.15, 0.2) is 91.0 Å². The summed E-state index contributed by atoms with van der Waals surface area (Å²) < 4.78 is 5.75. The molecule has 3 aromatic rings. The molecule has 3 rings (SSSR count). The van der Waals surface area contributed by atoms with Crippen molar-refractivity contribution >= 4 is 23.6 Å². The molecule has 4 amide bonds. The Morgan fingerprint density at radius 1 is 0.723 bits per heavy atom. The number of primary amides is 1. The molecule has 252 valence electrons. The maximum atomic E-state index is 13.1. The first-order valence-corrected chi connectivity index (χ1v) is 15.9. The lowest BCUT2D eigenvalue weighted by atomic mass is 9.77. The summed E-state index contributed by atoms with van der Waals surface area (Å²) in [6.45, 7) is 5.24. The number of nitrogens with two attached hydrogens (primary N) is 2. The smallest absolute Gasteiger partial charge is 0.245 e. The van der Waals surface area contributed by atoms with Crippen molar-refractivity contribution in [3.8, 4) is 0 Å². The van der Waals surface area contributed by atoms with Gasteiger partial charge in [0.15, 0.2) is 0 Å². The van der Waals surface area contributed by atoms with Gasteiger partial charge in [0.05, 0.1) is 36.9 Å². The Hall–Kier alpha value is -4.58. The van der Waals surface area contributed by atoms with Crippen LogP contribution in [0.1, 0.15) is 56.7 Å². The van der Waals surface area contributed by atoms with Gasteiger partial charge in [-0.3, -0.25) is 24.5 Å². The molecule has 0 fully saturated rings. The van der Waals surface area contributed by atoms with E-state index in [9.17, 15) is 19.2 Å². The molecule has 0 unspecified atom stereocenters. The SMILES string of the molecule is CC(C)(C)OC[C@H](NC(=O)[C@@H](N)CCCCNC(c1ccccc1)(c1ccccc1)c1ccccc1)C(=O)NCC(=O)NCC(N)=O. The van der Waals surface area contributed by atoms with Gasteiger partial charge in [-0.15, -0.1) is 0 Å².